The third kappa shape index (κ3) is 3.22. The van der Waals surface area contributed by atoms with Crippen LogP contribution in [-0.4, -0.2) is 6.61 Å². The van der Waals surface area contributed by atoms with Gasteiger partial charge in [0, 0.05) is 6.04 Å². The van der Waals surface area contributed by atoms with E-state index in [4.69, 9.17) is 5.73 Å². The summed E-state index contributed by atoms with van der Waals surface area (Å²) in [7, 11) is 0. The van der Waals surface area contributed by atoms with Gasteiger partial charge < -0.3 is 10.5 Å². The normalized spacial score (nSPS) is 22.1. The maximum Gasteiger partial charge on any atom is 0.387 e. The van der Waals surface area contributed by atoms with Crippen LogP contribution in [-0.2, 0) is 0 Å². The van der Waals surface area contributed by atoms with Crippen molar-refractivity contribution < 1.29 is 13.5 Å². The Kier molecular flexibility index (Phi) is 3.88. The predicted octanol–water partition coefficient (Wildman–Crippen LogP) is 4.09. The summed E-state index contributed by atoms with van der Waals surface area (Å²) in [4.78, 5) is 0. The summed E-state index contributed by atoms with van der Waals surface area (Å²) in [5, 5.41) is 0. The molecule has 2 aromatic rings. The van der Waals surface area contributed by atoms with Crippen molar-refractivity contribution >= 4 is 0 Å². The van der Waals surface area contributed by atoms with E-state index in [1.807, 2.05) is 24.3 Å². The molecule has 0 aromatic heterocycles. The van der Waals surface area contributed by atoms with Crippen molar-refractivity contribution in [1.82, 2.24) is 0 Å². The summed E-state index contributed by atoms with van der Waals surface area (Å²) in [5.74, 6) is 0.977. The Bertz CT molecular complexity index is 603. The molecule has 3 atom stereocenters. The largest absolute Gasteiger partial charge is 0.435 e. The van der Waals surface area contributed by atoms with Gasteiger partial charge >= 0.3 is 6.61 Å². The fourth-order valence-corrected chi connectivity index (χ4v) is 2.84. The van der Waals surface area contributed by atoms with Gasteiger partial charge in [-0.15, -0.1) is 0 Å². The van der Waals surface area contributed by atoms with E-state index in [9.17, 15) is 8.78 Å². The number of benzene rings is 2. The van der Waals surface area contributed by atoms with Crippen LogP contribution < -0.4 is 10.5 Å². The van der Waals surface area contributed by atoms with Crippen LogP contribution in [0.3, 0.4) is 0 Å². The van der Waals surface area contributed by atoms with E-state index in [1.54, 1.807) is 12.1 Å². The van der Waals surface area contributed by atoms with E-state index >= 15 is 0 Å². The lowest BCUT2D eigenvalue weighted by molar-refractivity contribution is -0.0499. The quantitative estimate of drug-likeness (QED) is 0.899. The Balaban J connectivity index is 1.71. The van der Waals surface area contributed by atoms with Gasteiger partial charge in [0.1, 0.15) is 5.75 Å². The van der Waals surface area contributed by atoms with Crippen molar-refractivity contribution in [3.63, 3.8) is 0 Å². The molecule has 1 saturated carbocycles. The summed E-state index contributed by atoms with van der Waals surface area (Å²) in [6.07, 6.45) is 1.03. The van der Waals surface area contributed by atoms with Crippen molar-refractivity contribution in [2.75, 3.05) is 0 Å². The Hall–Kier alpha value is -1.94. The van der Waals surface area contributed by atoms with Crippen LogP contribution in [0.4, 0.5) is 8.78 Å². The molecule has 3 unspecified atom stereocenters. The number of ether oxygens (including phenoxy) is 1. The molecule has 2 aromatic carbocycles. The molecule has 1 fully saturated rings. The predicted molar refractivity (Wildman–Crippen MR) is 77.3 cm³/mol. The molecule has 2 nitrogen and oxygen atoms in total. The maximum atomic E-state index is 12.3. The molecule has 0 aliphatic heterocycles. The molecule has 0 amide bonds. The molecular weight excluding hydrogens is 272 g/mol. The molecular formula is C17H17F2NO. The molecule has 1 aliphatic rings. The van der Waals surface area contributed by atoms with Gasteiger partial charge in [0.05, 0.1) is 0 Å². The van der Waals surface area contributed by atoms with Crippen LogP contribution in [0.1, 0.15) is 29.5 Å². The molecule has 4 heteroatoms. The highest BCUT2D eigenvalue weighted by Gasteiger charge is 2.42. The summed E-state index contributed by atoms with van der Waals surface area (Å²) in [6, 6.07) is 16.8. The van der Waals surface area contributed by atoms with E-state index in [1.165, 1.54) is 11.6 Å². The molecule has 1 aliphatic carbocycles. The van der Waals surface area contributed by atoms with Crippen LogP contribution in [0.5, 0.6) is 5.75 Å². The van der Waals surface area contributed by atoms with Crippen molar-refractivity contribution in [3.05, 3.63) is 65.7 Å². The number of rotatable bonds is 5. The third-order valence-corrected chi connectivity index (χ3v) is 4.00. The van der Waals surface area contributed by atoms with Gasteiger partial charge in [-0.1, -0.05) is 42.5 Å². The van der Waals surface area contributed by atoms with Crippen molar-refractivity contribution in [2.24, 2.45) is 11.7 Å². The van der Waals surface area contributed by atoms with Gasteiger partial charge in [0.2, 0.25) is 0 Å². The molecule has 0 spiro atoms. The zero-order valence-corrected chi connectivity index (χ0v) is 11.5. The SMILES string of the molecule is NC(c1cccc(OC(F)F)c1)C1CC1c1ccccc1. The van der Waals surface area contributed by atoms with Crippen LogP contribution in [0, 0.1) is 5.92 Å². The first kappa shape index (κ1) is 14.0. The van der Waals surface area contributed by atoms with Crippen LogP contribution >= 0.6 is 0 Å². The number of hydrogen-bond donors (Lipinski definition) is 1. The van der Waals surface area contributed by atoms with Crippen LogP contribution in [0.2, 0.25) is 0 Å². The Morgan fingerprint density at radius 2 is 1.81 bits per heavy atom. The average Bonchev–Trinajstić information content (AvgIpc) is 3.27. The number of alkyl halides is 2. The lowest BCUT2D eigenvalue weighted by Crippen LogP contribution is -2.14. The highest BCUT2D eigenvalue weighted by Crippen LogP contribution is 2.53. The van der Waals surface area contributed by atoms with E-state index < -0.39 is 6.61 Å². The van der Waals surface area contributed by atoms with Gasteiger partial charge in [0.15, 0.2) is 0 Å². The minimum atomic E-state index is -2.81. The van der Waals surface area contributed by atoms with Gasteiger partial charge in [-0.3, -0.25) is 0 Å². The standard InChI is InChI=1S/C17H17F2NO/c18-17(19)21-13-8-4-7-12(9-13)16(20)15-10-14(15)11-5-2-1-3-6-11/h1-9,14-17H,10,20H2. The van der Waals surface area contributed by atoms with Gasteiger partial charge in [-0.2, -0.15) is 8.78 Å². The van der Waals surface area contributed by atoms with Gasteiger partial charge in [-0.25, -0.2) is 0 Å². The number of hydrogen-bond acceptors (Lipinski definition) is 2. The highest BCUT2D eigenvalue weighted by molar-refractivity contribution is 5.34. The zero-order chi connectivity index (χ0) is 14.8. The van der Waals surface area contributed by atoms with E-state index in [0.29, 0.717) is 11.8 Å². The first-order valence-electron chi connectivity index (χ1n) is 7.00. The first-order chi connectivity index (χ1) is 10.1. The molecule has 0 saturated heterocycles. The monoisotopic (exact) mass is 289 g/mol. The summed E-state index contributed by atoms with van der Waals surface area (Å²) < 4.78 is 28.9. The molecule has 21 heavy (non-hydrogen) atoms. The fraction of sp³-hybridized carbons (Fsp3) is 0.294. The summed E-state index contributed by atoms with van der Waals surface area (Å²) >= 11 is 0. The molecule has 0 heterocycles. The fourth-order valence-electron chi connectivity index (χ4n) is 2.84. The number of nitrogens with two attached hydrogens (primary N) is 1. The maximum absolute atomic E-state index is 12.3. The van der Waals surface area contributed by atoms with Gasteiger partial charge in [-0.05, 0) is 41.5 Å². The van der Waals surface area contributed by atoms with Crippen molar-refractivity contribution in [2.45, 2.75) is 25.0 Å². The Morgan fingerprint density at radius 1 is 1.05 bits per heavy atom. The zero-order valence-electron chi connectivity index (χ0n) is 11.5. The van der Waals surface area contributed by atoms with Crippen LogP contribution in [0.25, 0.3) is 0 Å². The lowest BCUT2D eigenvalue weighted by atomic mass is 9.99. The minimum Gasteiger partial charge on any atom is -0.435 e. The van der Waals surface area contributed by atoms with E-state index in [2.05, 4.69) is 16.9 Å². The first-order valence-corrected chi connectivity index (χ1v) is 7.00. The molecule has 3 rings (SSSR count). The van der Waals surface area contributed by atoms with E-state index in [0.717, 1.165) is 12.0 Å². The Labute approximate surface area is 122 Å². The minimum absolute atomic E-state index is 0.156. The molecule has 110 valence electrons. The third-order valence-electron chi connectivity index (χ3n) is 4.00. The average molecular weight is 289 g/mol. The van der Waals surface area contributed by atoms with Crippen molar-refractivity contribution in [3.8, 4) is 5.75 Å². The summed E-state index contributed by atoms with van der Waals surface area (Å²) in [5.41, 5.74) is 8.42. The van der Waals surface area contributed by atoms with Crippen molar-refractivity contribution in [1.29, 1.82) is 0 Å². The topological polar surface area (TPSA) is 35.2 Å². The van der Waals surface area contributed by atoms with E-state index in [-0.39, 0.29) is 11.8 Å². The lowest BCUT2D eigenvalue weighted by Gasteiger charge is -2.14. The van der Waals surface area contributed by atoms with Crippen LogP contribution in [0.15, 0.2) is 54.6 Å². The second-order valence-electron chi connectivity index (χ2n) is 5.39. The summed E-state index contributed by atoms with van der Waals surface area (Å²) in [6.45, 7) is -2.81. The molecule has 2 N–H and O–H groups in total. The van der Waals surface area contributed by atoms with Gasteiger partial charge in [0.25, 0.3) is 0 Å². The number of halogens is 2. The molecule has 0 radical (unpaired) electrons. The second kappa shape index (κ2) is 5.82. The second-order valence-corrected chi connectivity index (χ2v) is 5.39. The Morgan fingerprint density at radius 3 is 2.52 bits per heavy atom. The smallest absolute Gasteiger partial charge is 0.387 e. The molecule has 0 bridgehead atoms. The highest BCUT2D eigenvalue weighted by atomic mass is 19.3.